The van der Waals surface area contributed by atoms with Gasteiger partial charge < -0.3 is 64.2 Å². The smallest absolute Gasteiger partial charge is 0.306 e. The van der Waals surface area contributed by atoms with E-state index in [2.05, 4.69) is 62.5 Å². The molecule has 0 amide bonds. The number of hydrogen-bond donors (Lipinski definition) is 7. The van der Waals surface area contributed by atoms with Gasteiger partial charge >= 0.3 is 5.97 Å². The van der Waals surface area contributed by atoms with Gasteiger partial charge in [-0.15, -0.1) is 0 Å². The molecule has 0 radical (unpaired) electrons. The lowest BCUT2D eigenvalue weighted by Crippen LogP contribution is -2.61. The van der Waals surface area contributed by atoms with E-state index >= 15 is 0 Å². The maximum absolute atomic E-state index is 12.7. The van der Waals surface area contributed by atoms with Crippen molar-refractivity contribution in [1.29, 1.82) is 0 Å². The van der Waals surface area contributed by atoms with Crippen LogP contribution in [0.1, 0.15) is 129 Å². The first kappa shape index (κ1) is 53.1. The van der Waals surface area contributed by atoms with Gasteiger partial charge in [0.15, 0.2) is 12.6 Å². The average molecular weight is 843 g/mol. The van der Waals surface area contributed by atoms with Crippen molar-refractivity contribution in [3.63, 3.8) is 0 Å². The summed E-state index contributed by atoms with van der Waals surface area (Å²) >= 11 is 0. The molecule has 11 unspecified atom stereocenters. The van der Waals surface area contributed by atoms with Crippen LogP contribution in [-0.2, 0) is 33.2 Å². The number of unbranched alkanes of at least 4 members (excludes halogenated alkanes) is 11. The Morgan fingerprint density at radius 3 is 1.73 bits per heavy atom. The van der Waals surface area contributed by atoms with Crippen molar-refractivity contribution in [1.82, 2.24) is 0 Å². The number of esters is 1. The molecule has 7 N–H and O–H groups in total. The Morgan fingerprint density at radius 1 is 0.576 bits per heavy atom. The predicted molar refractivity (Wildman–Crippen MR) is 224 cm³/mol. The summed E-state index contributed by atoms with van der Waals surface area (Å²) in [6.45, 7) is 3.42. The number of aliphatic hydroxyl groups excluding tert-OH is 7. The number of rotatable bonds is 33. The van der Waals surface area contributed by atoms with Crippen LogP contribution in [0.25, 0.3) is 0 Å². The van der Waals surface area contributed by atoms with E-state index in [0.29, 0.717) is 13.0 Å². The van der Waals surface area contributed by atoms with Crippen LogP contribution in [-0.4, -0.2) is 142 Å². The Kier molecular flexibility index (Phi) is 30.2. The lowest BCUT2D eigenvalue weighted by molar-refractivity contribution is -0.332. The van der Waals surface area contributed by atoms with Gasteiger partial charge in [-0.25, -0.2) is 0 Å². The fraction of sp³-hybridized carbons (Fsp3) is 0.800. The molecule has 2 fully saturated rings. The van der Waals surface area contributed by atoms with Crippen LogP contribution in [0.15, 0.2) is 48.6 Å². The minimum Gasteiger partial charge on any atom is -0.457 e. The van der Waals surface area contributed by atoms with E-state index in [1.165, 1.54) is 25.7 Å². The highest BCUT2D eigenvalue weighted by Gasteiger charge is 2.47. The van der Waals surface area contributed by atoms with Crippen LogP contribution in [0.3, 0.4) is 0 Å². The summed E-state index contributed by atoms with van der Waals surface area (Å²) in [6.07, 6.45) is 19.5. The van der Waals surface area contributed by atoms with Gasteiger partial charge in [0.25, 0.3) is 0 Å². The Labute approximate surface area is 352 Å². The Balaban J connectivity index is 1.72. The molecule has 2 aliphatic rings. The second-order valence-corrected chi connectivity index (χ2v) is 15.5. The molecular weight excluding hydrogens is 764 g/mol. The second-order valence-electron chi connectivity index (χ2n) is 15.5. The van der Waals surface area contributed by atoms with E-state index in [-0.39, 0.29) is 19.6 Å². The van der Waals surface area contributed by atoms with Crippen LogP contribution >= 0.6 is 0 Å². The van der Waals surface area contributed by atoms with Gasteiger partial charge in [0, 0.05) is 13.0 Å². The van der Waals surface area contributed by atoms with Crippen LogP contribution in [0.4, 0.5) is 0 Å². The van der Waals surface area contributed by atoms with Gasteiger partial charge in [0.2, 0.25) is 0 Å². The van der Waals surface area contributed by atoms with Gasteiger partial charge in [-0.2, -0.15) is 0 Å². The summed E-state index contributed by atoms with van der Waals surface area (Å²) in [6, 6.07) is 0. The normalized spacial score (nSPS) is 28.4. The van der Waals surface area contributed by atoms with Gasteiger partial charge in [-0.3, -0.25) is 4.79 Å². The van der Waals surface area contributed by atoms with Crippen molar-refractivity contribution in [2.45, 2.75) is 197 Å². The molecule has 0 aromatic carbocycles. The van der Waals surface area contributed by atoms with Crippen molar-refractivity contribution in [3.05, 3.63) is 48.6 Å². The van der Waals surface area contributed by atoms with E-state index in [4.69, 9.17) is 28.4 Å². The molecule has 59 heavy (non-hydrogen) atoms. The van der Waals surface area contributed by atoms with Gasteiger partial charge in [0.05, 0.1) is 26.4 Å². The second kappa shape index (κ2) is 33.6. The first-order valence-electron chi connectivity index (χ1n) is 22.2. The molecule has 0 spiro atoms. The fourth-order valence-electron chi connectivity index (χ4n) is 6.69. The fourth-order valence-corrected chi connectivity index (χ4v) is 6.69. The summed E-state index contributed by atoms with van der Waals surface area (Å²) in [5.41, 5.74) is 0. The quantitative estimate of drug-likeness (QED) is 0.0268. The monoisotopic (exact) mass is 843 g/mol. The predicted octanol–water partition coefficient (Wildman–Crippen LogP) is 4.84. The van der Waals surface area contributed by atoms with Crippen LogP contribution < -0.4 is 0 Å². The summed E-state index contributed by atoms with van der Waals surface area (Å²) in [4.78, 5) is 12.7. The molecule has 14 nitrogen and oxygen atoms in total. The lowest BCUT2D eigenvalue weighted by atomic mass is 9.98. The summed E-state index contributed by atoms with van der Waals surface area (Å²) < 4.78 is 33.9. The van der Waals surface area contributed by atoms with E-state index in [9.17, 15) is 40.5 Å². The average Bonchev–Trinajstić information content (AvgIpc) is 3.23. The SMILES string of the molecule is CC/C=C\C/C=C\C/C=C\C/C=C\CCCCCCCCCOCC(COC1OC(COC2OC(CO)C(O)C(O)C2O)C(O)C(O)C1O)OC(=O)CCCCCCC. The third kappa shape index (κ3) is 22.6. The van der Waals surface area contributed by atoms with Crippen molar-refractivity contribution in [3.8, 4) is 0 Å². The van der Waals surface area contributed by atoms with Gasteiger partial charge in [-0.1, -0.05) is 120 Å². The third-order valence-electron chi connectivity index (χ3n) is 10.4. The highest BCUT2D eigenvalue weighted by Crippen LogP contribution is 2.26. The van der Waals surface area contributed by atoms with Crippen molar-refractivity contribution in [2.24, 2.45) is 0 Å². The number of hydrogen-bond acceptors (Lipinski definition) is 14. The first-order valence-corrected chi connectivity index (χ1v) is 22.2. The van der Waals surface area contributed by atoms with Gasteiger partial charge in [0.1, 0.15) is 54.9 Å². The zero-order valence-corrected chi connectivity index (χ0v) is 35.7. The molecular formula is C45H78O14. The van der Waals surface area contributed by atoms with E-state index < -0.39 is 86.7 Å². The van der Waals surface area contributed by atoms with Crippen LogP contribution in [0.5, 0.6) is 0 Å². The summed E-state index contributed by atoms with van der Waals surface area (Å²) in [5, 5.41) is 71.6. The Hall–Kier alpha value is -2.05. The minimum absolute atomic E-state index is 0.0521. The maximum Gasteiger partial charge on any atom is 0.306 e. The van der Waals surface area contributed by atoms with E-state index in [1.807, 2.05) is 0 Å². The lowest BCUT2D eigenvalue weighted by Gasteiger charge is -2.42. The molecule has 14 heteroatoms. The Bertz CT molecular complexity index is 1160. The number of carbonyl (C=O) groups is 1. The summed E-state index contributed by atoms with van der Waals surface area (Å²) in [7, 11) is 0. The molecule has 0 aromatic heterocycles. The number of aliphatic hydroxyl groups is 7. The zero-order chi connectivity index (χ0) is 43.1. The molecule has 11 atom stereocenters. The van der Waals surface area contributed by atoms with Crippen molar-refractivity contribution >= 4 is 5.97 Å². The zero-order valence-electron chi connectivity index (χ0n) is 35.7. The molecule has 2 aliphatic heterocycles. The Morgan fingerprint density at radius 2 is 1.10 bits per heavy atom. The molecule has 0 bridgehead atoms. The van der Waals surface area contributed by atoms with Crippen LogP contribution in [0.2, 0.25) is 0 Å². The standard InChI is InChI=1S/C45H78O14/c1-3-5-7-9-10-11-12-13-14-15-16-17-18-19-20-21-22-23-25-27-29-54-31-34(57-37(47)28-26-24-8-6-4-2)32-55-44-43(53)41(51)39(49)36(59-44)33-56-45-42(52)40(50)38(48)35(30-46)58-45/h5,7,10-11,13-14,16-17,34-36,38-46,48-53H,3-4,6,8-9,12,15,18-33H2,1-2H3/b7-5-,11-10-,14-13-,17-16-. The number of allylic oxidation sites excluding steroid dienone is 8. The topological polar surface area (TPSA) is 214 Å². The molecule has 2 rings (SSSR count). The molecule has 342 valence electrons. The molecule has 0 aliphatic carbocycles. The van der Waals surface area contributed by atoms with Crippen LogP contribution in [0, 0.1) is 0 Å². The van der Waals surface area contributed by atoms with E-state index in [1.54, 1.807) is 0 Å². The maximum atomic E-state index is 12.7. The number of carbonyl (C=O) groups excluding carboxylic acids is 1. The third-order valence-corrected chi connectivity index (χ3v) is 10.4. The summed E-state index contributed by atoms with van der Waals surface area (Å²) in [5.74, 6) is -0.396. The number of ether oxygens (including phenoxy) is 6. The molecule has 2 saturated heterocycles. The van der Waals surface area contributed by atoms with Crippen molar-refractivity contribution in [2.75, 3.05) is 33.0 Å². The van der Waals surface area contributed by atoms with Gasteiger partial charge in [-0.05, 0) is 51.4 Å². The molecule has 0 saturated carbocycles. The van der Waals surface area contributed by atoms with E-state index in [0.717, 1.165) is 77.0 Å². The van der Waals surface area contributed by atoms with Crippen molar-refractivity contribution < 1.29 is 69.0 Å². The highest BCUT2D eigenvalue weighted by atomic mass is 16.7. The first-order chi connectivity index (χ1) is 28.6. The minimum atomic E-state index is -1.71. The largest absolute Gasteiger partial charge is 0.457 e. The molecule has 2 heterocycles. The molecule has 0 aromatic rings. The highest BCUT2D eigenvalue weighted by molar-refractivity contribution is 5.69.